The first-order valence-electron chi connectivity index (χ1n) is 14.6. The van der Waals surface area contributed by atoms with Crippen molar-refractivity contribution in [3.8, 4) is 0 Å². The molecular weight excluding hydrogens is 498 g/mol. The largest absolute Gasteiger partial charge is 0.338 e. The molecular formula is C38H49N3. The van der Waals surface area contributed by atoms with Gasteiger partial charge in [0, 0.05) is 22.9 Å². The molecule has 3 nitrogen and oxygen atoms in total. The van der Waals surface area contributed by atoms with Crippen LogP contribution in [0.25, 0.3) is 10.8 Å². The molecule has 0 amide bonds. The summed E-state index contributed by atoms with van der Waals surface area (Å²) in [6.45, 7) is 21.8. The summed E-state index contributed by atoms with van der Waals surface area (Å²) in [5.41, 5.74) is 8.29. The van der Waals surface area contributed by atoms with Gasteiger partial charge in [-0.15, -0.1) is 11.7 Å². The molecule has 3 heteroatoms. The van der Waals surface area contributed by atoms with Gasteiger partial charge in [0.25, 0.3) is 0 Å². The van der Waals surface area contributed by atoms with Crippen LogP contribution >= 0.6 is 0 Å². The molecule has 0 fully saturated rings. The van der Waals surface area contributed by atoms with E-state index in [0.29, 0.717) is 0 Å². The van der Waals surface area contributed by atoms with Gasteiger partial charge in [-0.05, 0) is 63.4 Å². The zero-order valence-corrected chi connectivity index (χ0v) is 26.6. The summed E-state index contributed by atoms with van der Waals surface area (Å²) < 4.78 is 0. The van der Waals surface area contributed by atoms with Crippen molar-refractivity contribution in [2.45, 2.75) is 68.7 Å². The molecule has 4 aromatic carbocycles. The van der Waals surface area contributed by atoms with Crippen LogP contribution in [0.15, 0.2) is 115 Å². The molecule has 0 spiro atoms. The van der Waals surface area contributed by atoms with E-state index in [2.05, 4.69) is 116 Å². The van der Waals surface area contributed by atoms with E-state index in [9.17, 15) is 0 Å². The van der Waals surface area contributed by atoms with E-state index in [1.54, 1.807) is 0 Å². The molecule has 1 N–H and O–H groups in total. The molecule has 5 aromatic rings. The lowest BCUT2D eigenvalue weighted by molar-refractivity contribution is 0.962. The number of rotatable bonds is 4. The van der Waals surface area contributed by atoms with Gasteiger partial charge in [-0.3, -0.25) is 0 Å². The molecule has 0 atom stereocenters. The number of anilines is 2. The quantitative estimate of drug-likeness (QED) is 0.227. The minimum atomic E-state index is 0.776. The molecule has 216 valence electrons. The maximum atomic E-state index is 4.53. The highest BCUT2D eigenvalue weighted by Crippen LogP contribution is 2.27. The van der Waals surface area contributed by atoms with E-state index in [1.807, 2.05) is 71.9 Å². The Bertz CT molecular complexity index is 1420. The van der Waals surface area contributed by atoms with Crippen LogP contribution in [-0.4, -0.2) is 10.2 Å². The fourth-order valence-corrected chi connectivity index (χ4v) is 3.66. The number of fused-ring (bicyclic) bond motifs is 1. The third-order valence-electron chi connectivity index (χ3n) is 5.69. The molecule has 0 saturated heterocycles. The SMILES string of the molecule is C=C(C)C.CC.CC.Cc1ccc(Nc2nnc(Cc3ccccc3)c3ccccc23)cc1C.Cc1ccccc1. The molecule has 1 heterocycles. The molecule has 0 saturated carbocycles. The molecule has 41 heavy (non-hydrogen) atoms. The molecule has 1 aromatic heterocycles. The van der Waals surface area contributed by atoms with Crippen molar-refractivity contribution in [2.75, 3.05) is 5.32 Å². The zero-order valence-electron chi connectivity index (χ0n) is 26.6. The van der Waals surface area contributed by atoms with Gasteiger partial charge >= 0.3 is 0 Å². The van der Waals surface area contributed by atoms with Gasteiger partial charge in [-0.2, -0.15) is 5.10 Å². The highest BCUT2D eigenvalue weighted by Gasteiger charge is 2.10. The summed E-state index contributed by atoms with van der Waals surface area (Å²) >= 11 is 0. The predicted molar refractivity (Wildman–Crippen MR) is 182 cm³/mol. The second-order valence-electron chi connectivity index (χ2n) is 9.49. The highest BCUT2D eigenvalue weighted by molar-refractivity contribution is 5.94. The van der Waals surface area contributed by atoms with E-state index in [0.717, 1.165) is 34.4 Å². The maximum absolute atomic E-state index is 4.53. The Balaban J connectivity index is 0.000000466. The Morgan fingerprint density at radius 2 is 1.15 bits per heavy atom. The third-order valence-corrected chi connectivity index (χ3v) is 5.69. The lowest BCUT2D eigenvalue weighted by Gasteiger charge is -2.12. The number of nitrogens with zero attached hydrogens (tertiary/aromatic N) is 2. The van der Waals surface area contributed by atoms with E-state index >= 15 is 0 Å². The normalized spacial score (nSPS) is 9.29. The fraction of sp³-hybridized carbons (Fsp3) is 0.263. The first kappa shape index (κ1) is 34.8. The molecule has 5 rings (SSSR count). The Morgan fingerprint density at radius 1 is 0.634 bits per heavy atom. The number of allylic oxidation sites excluding steroid dienone is 1. The summed E-state index contributed by atoms with van der Waals surface area (Å²) in [5, 5.41) is 14.7. The molecule has 0 radical (unpaired) electrons. The van der Waals surface area contributed by atoms with Gasteiger partial charge in [0.2, 0.25) is 0 Å². The van der Waals surface area contributed by atoms with Crippen molar-refractivity contribution in [3.05, 3.63) is 143 Å². The Morgan fingerprint density at radius 3 is 1.66 bits per heavy atom. The lowest BCUT2D eigenvalue weighted by Crippen LogP contribution is -2.02. The molecule has 0 unspecified atom stereocenters. The van der Waals surface area contributed by atoms with Gasteiger partial charge in [0.05, 0.1) is 5.69 Å². The van der Waals surface area contributed by atoms with E-state index in [4.69, 9.17) is 0 Å². The highest BCUT2D eigenvalue weighted by atomic mass is 15.2. The van der Waals surface area contributed by atoms with E-state index < -0.39 is 0 Å². The van der Waals surface area contributed by atoms with Gasteiger partial charge < -0.3 is 5.32 Å². The summed E-state index contributed by atoms with van der Waals surface area (Å²) in [6, 6.07) is 35.3. The van der Waals surface area contributed by atoms with Crippen LogP contribution in [-0.2, 0) is 6.42 Å². The number of aromatic nitrogens is 2. The topological polar surface area (TPSA) is 37.8 Å². The standard InChI is InChI=1S/C23H21N3.C7H8.C4H8.2C2H6/c1-16-12-13-19(14-17(16)2)24-23-21-11-7-6-10-20(21)22(25-26-23)15-18-8-4-3-5-9-18;1-7-5-3-2-4-6-7;1-4(2)3;2*1-2/h3-14H,15H2,1-2H3,(H,24,26);2-6H,1H3;1H2,2-3H3;2*1-2H3. The summed E-state index contributed by atoms with van der Waals surface area (Å²) in [4.78, 5) is 0. The molecule has 0 aliphatic heterocycles. The van der Waals surface area contributed by atoms with Gasteiger partial charge in [0.15, 0.2) is 5.82 Å². The Labute approximate surface area is 249 Å². The van der Waals surface area contributed by atoms with Crippen LogP contribution in [0.1, 0.15) is 69.5 Å². The van der Waals surface area contributed by atoms with Crippen molar-refractivity contribution in [1.82, 2.24) is 10.2 Å². The van der Waals surface area contributed by atoms with Crippen LogP contribution in [0.2, 0.25) is 0 Å². The van der Waals surface area contributed by atoms with Crippen LogP contribution < -0.4 is 5.32 Å². The molecule has 0 bridgehead atoms. The second-order valence-corrected chi connectivity index (χ2v) is 9.49. The maximum Gasteiger partial charge on any atom is 0.160 e. The van der Waals surface area contributed by atoms with Gasteiger partial charge in [0.1, 0.15) is 0 Å². The minimum absolute atomic E-state index is 0.776. The van der Waals surface area contributed by atoms with E-state index in [-0.39, 0.29) is 0 Å². The predicted octanol–water partition coefficient (Wildman–Crippen LogP) is 11.2. The Hall–Kier alpha value is -4.24. The second kappa shape index (κ2) is 19.8. The zero-order chi connectivity index (χ0) is 30.6. The number of benzene rings is 4. The number of aryl methyl sites for hydroxylation is 3. The van der Waals surface area contributed by atoms with Crippen LogP contribution in [0.4, 0.5) is 11.5 Å². The van der Waals surface area contributed by atoms with Crippen molar-refractivity contribution >= 4 is 22.3 Å². The van der Waals surface area contributed by atoms with Crippen molar-refractivity contribution in [1.29, 1.82) is 0 Å². The van der Waals surface area contributed by atoms with E-state index in [1.165, 1.54) is 27.8 Å². The number of hydrogen-bond donors (Lipinski definition) is 1. The molecule has 0 aliphatic rings. The summed E-state index contributed by atoms with van der Waals surface area (Å²) in [5.74, 6) is 0.792. The van der Waals surface area contributed by atoms with Crippen molar-refractivity contribution < 1.29 is 0 Å². The first-order valence-corrected chi connectivity index (χ1v) is 14.6. The van der Waals surface area contributed by atoms with Crippen LogP contribution in [0.3, 0.4) is 0 Å². The fourth-order valence-electron chi connectivity index (χ4n) is 3.66. The van der Waals surface area contributed by atoms with Crippen LogP contribution in [0, 0.1) is 20.8 Å². The van der Waals surface area contributed by atoms with Crippen molar-refractivity contribution in [2.24, 2.45) is 0 Å². The van der Waals surface area contributed by atoms with Crippen molar-refractivity contribution in [3.63, 3.8) is 0 Å². The Kier molecular flexibility index (Phi) is 16.8. The summed E-state index contributed by atoms with van der Waals surface area (Å²) in [6.07, 6.45) is 0.776. The average Bonchev–Trinajstić information content (AvgIpc) is 2.99. The van der Waals surface area contributed by atoms with Gasteiger partial charge in [-0.1, -0.05) is 130 Å². The van der Waals surface area contributed by atoms with Gasteiger partial charge in [-0.25, -0.2) is 0 Å². The third kappa shape index (κ3) is 12.7. The minimum Gasteiger partial charge on any atom is -0.338 e. The molecule has 0 aliphatic carbocycles. The monoisotopic (exact) mass is 547 g/mol. The number of hydrogen-bond acceptors (Lipinski definition) is 3. The first-order chi connectivity index (χ1) is 19.8. The van der Waals surface area contributed by atoms with Crippen LogP contribution in [0.5, 0.6) is 0 Å². The number of nitrogens with one attached hydrogen (secondary N) is 1. The average molecular weight is 548 g/mol. The smallest absolute Gasteiger partial charge is 0.160 e. The summed E-state index contributed by atoms with van der Waals surface area (Å²) in [7, 11) is 0. The lowest BCUT2D eigenvalue weighted by atomic mass is 10.0.